The fourth-order valence-corrected chi connectivity index (χ4v) is 5.69. The number of thioether (sulfide) groups is 1. The minimum absolute atomic E-state index is 0.225. The van der Waals surface area contributed by atoms with Gasteiger partial charge in [0.15, 0.2) is 0 Å². The van der Waals surface area contributed by atoms with Gasteiger partial charge in [0, 0.05) is 17.2 Å². The number of unbranched alkanes of at least 4 members (excludes halogenated alkanes) is 2. The predicted octanol–water partition coefficient (Wildman–Crippen LogP) is 7.62. The van der Waals surface area contributed by atoms with Crippen molar-refractivity contribution in [2.24, 2.45) is 0 Å². The summed E-state index contributed by atoms with van der Waals surface area (Å²) in [7, 11) is 0. The van der Waals surface area contributed by atoms with E-state index < -0.39 is 0 Å². The van der Waals surface area contributed by atoms with Crippen LogP contribution in [-0.2, 0) is 4.79 Å². The van der Waals surface area contributed by atoms with Gasteiger partial charge >= 0.3 is 0 Å². The van der Waals surface area contributed by atoms with Gasteiger partial charge in [-0.3, -0.25) is 4.79 Å². The Morgan fingerprint density at radius 1 is 1.18 bits per heavy atom. The van der Waals surface area contributed by atoms with Crippen molar-refractivity contribution >= 4 is 68.9 Å². The molecule has 0 unspecified atom stereocenters. The topological polar surface area (TPSA) is 49.3 Å². The van der Waals surface area contributed by atoms with E-state index in [0.29, 0.717) is 12.2 Å². The smallest absolute Gasteiger partial charge is 0.143 e. The van der Waals surface area contributed by atoms with Gasteiger partial charge in [0.05, 0.1) is 24.9 Å². The minimum Gasteiger partial charge on any atom is -0.506 e. The zero-order chi connectivity index (χ0) is 19.9. The predicted molar refractivity (Wildman–Crippen MR) is 124 cm³/mol. The molecule has 0 radical (unpaired) electrons. The fourth-order valence-electron chi connectivity index (χ4n) is 2.79. The van der Waals surface area contributed by atoms with Crippen LogP contribution >= 0.6 is 46.6 Å². The van der Waals surface area contributed by atoms with Crippen molar-refractivity contribution in [3.63, 3.8) is 0 Å². The van der Waals surface area contributed by atoms with Crippen LogP contribution in [-0.4, -0.2) is 16.6 Å². The molecule has 28 heavy (non-hydrogen) atoms. The summed E-state index contributed by atoms with van der Waals surface area (Å²) in [5.41, 5.74) is 0.906. The normalized spacial score (nSPS) is 11.1. The number of anilines is 1. The quantitative estimate of drug-likeness (QED) is 0.144. The molecular formula is C21H22ClNO2S3. The van der Waals surface area contributed by atoms with Gasteiger partial charge in [0.2, 0.25) is 0 Å². The number of benzene rings is 2. The number of rotatable bonds is 10. The van der Waals surface area contributed by atoms with E-state index in [2.05, 4.69) is 11.6 Å². The number of halogens is 1. The van der Waals surface area contributed by atoms with Crippen LogP contribution in [0.4, 0.5) is 5.69 Å². The Balaban J connectivity index is 1.78. The maximum atomic E-state index is 12.1. The molecule has 0 saturated carbocycles. The maximum Gasteiger partial charge on any atom is 0.143 e. The summed E-state index contributed by atoms with van der Waals surface area (Å²) in [4.78, 5) is 12.8. The van der Waals surface area contributed by atoms with E-state index >= 15 is 0 Å². The first-order valence-electron chi connectivity index (χ1n) is 9.16. The van der Waals surface area contributed by atoms with Crippen LogP contribution in [0.25, 0.3) is 10.8 Å². The monoisotopic (exact) mass is 451 g/mol. The molecule has 0 aliphatic heterocycles. The lowest BCUT2D eigenvalue weighted by molar-refractivity contribution is -0.116. The van der Waals surface area contributed by atoms with E-state index in [-0.39, 0.29) is 11.5 Å². The van der Waals surface area contributed by atoms with Gasteiger partial charge in [-0.25, -0.2) is 0 Å². The highest BCUT2D eigenvalue weighted by atomic mass is 35.5. The second kappa shape index (κ2) is 10.4. The van der Waals surface area contributed by atoms with Gasteiger partial charge in [-0.05, 0) is 36.6 Å². The lowest BCUT2D eigenvalue weighted by Crippen LogP contribution is -2.01. The van der Waals surface area contributed by atoms with E-state index in [9.17, 15) is 9.90 Å². The number of hydrogen-bond donors (Lipinski definition) is 2. The van der Waals surface area contributed by atoms with Gasteiger partial charge < -0.3 is 9.83 Å². The van der Waals surface area contributed by atoms with Gasteiger partial charge in [-0.2, -0.15) is 0 Å². The number of carbonyl (C=O) groups excluding carboxylic acids is 1. The fraction of sp³-hybridized carbons (Fsp3) is 0.286. The Bertz CT molecular complexity index is 958. The molecular weight excluding hydrogens is 430 g/mol. The summed E-state index contributed by atoms with van der Waals surface area (Å²) >= 11 is 10.4. The van der Waals surface area contributed by atoms with Crippen molar-refractivity contribution in [2.45, 2.75) is 41.7 Å². The van der Waals surface area contributed by atoms with Crippen molar-refractivity contribution in [2.75, 3.05) is 10.5 Å². The number of nitrogens with one attached hydrogen (secondary N) is 1. The molecule has 3 rings (SSSR count). The van der Waals surface area contributed by atoms with Crippen LogP contribution in [0.5, 0.6) is 5.75 Å². The molecule has 0 spiro atoms. The highest BCUT2D eigenvalue weighted by Crippen LogP contribution is 2.41. The van der Waals surface area contributed by atoms with E-state index in [1.54, 1.807) is 0 Å². The van der Waals surface area contributed by atoms with E-state index in [4.69, 9.17) is 11.6 Å². The van der Waals surface area contributed by atoms with Gasteiger partial charge in [0.25, 0.3) is 0 Å². The summed E-state index contributed by atoms with van der Waals surface area (Å²) in [5, 5.41) is 12.4. The molecule has 0 aliphatic rings. The van der Waals surface area contributed by atoms with Crippen molar-refractivity contribution < 1.29 is 9.90 Å². The molecule has 3 nitrogen and oxygen atoms in total. The number of aromatic hydroxyl groups is 1. The van der Waals surface area contributed by atoms with Crippen molar-refractivity contribution in [1.82, 2.24) is 0 Å². The van der Waals surface area contributed by atoms with E-state index in [1.165, 1.54) is 35.0 Å². The maximum absolute atomic E-state index is 12.1. The summed E-state index contributed by atoms with van der Waals surface area (Å²) < 4.78 is 5.18. The second-order valence-corrected chi connectivity index (χ2v) is 10.2. The standard InChI is InChI=1S/C21H22ClNO2S3/c1-2-3-4-7-14(24)13-26-18-12-17(23-28-20-11-10-19(22)27-20)15-8-5-6-9-16(15)21(18)25/h5-6,8-12,23,25H,2-4,7,13H2,1H3. The summed E-state index contributed by atoms with van der Waals surface area (Å²) in [6.07, 6.45) is 3.73. The lowest BCUT2D eigenvalue weighted by atomic mass is 10.1. The third kappa shape index (κ3) is 5.60. The molecule has 3 aromatic rings. The minimum atomic E-state index is 0.225. The number of phenolic OH excluding ortho intramolecular Hbond substituents is 1. The number of hydrogen-bond acceptors (Lipinski definition) is 6. The van der Waals surface area contributed by atoms with Crippen LogP contribution in [0.3, 0.4) is 0 Å². The summed E-state index contributed by atoms with van der Waals surface area (Å²) in [6.45, 7) is 2.13. The van der Waals surface area contributed by atoms with E-state index in [0.717, 1.165) is 49.2 Å². The molecule has 0 aliphatic carbocycles. The number of fused-ring (bicyclic) bond motifs is 1. The highest BCUT2D eigenvalue weighted by Gasteiger charge is 2.14. The lowest BCUT2D eigenvalue weighted by Gasteiger charge is -2.13. The van der Waals surface area contributed by atoms with Crippen molar-refractivity contribution in [3.05, 3.63) is 46.8 Å². The largest absolute Gasteiger partial charge is 0.506 e. The first kappa shape index (κ1) is 21.4. The number of Topliss-reactive ketones (excluding diaryl/α,β-unsaturated/α-hetero) is 1. The molecule has 1 aromatic heterocycles. The Hall–Kier alpha value is -1.34. The summed E-state index contributed by atoms with van der Waals surface area (Å²) in [6, 6.07) is 13.5. The second-order valence-electron chi connectivity index (χ2n) is 6.36. The van der Waals surface area contributed by atoms with Crippen LogP contribution in [0.1, 0.15) is 32.6 Å². The van der Waals surface area contributed by atoms with Crippen LogP contribution < -0.4 is 4.72 Å². The van der Waals surface area contributed by atoms with E-state index in [1.807, 2.05) is 42.5 Å². The average Bonchev–Trinajstić information content (AvgIpc) is 3.12. The molecule has 0 amide bonds. The van der Waals surface area contributed by atoms with Crippen LogP contribution in [0.15, 0.2) is 51.6 Å². The highest BCUT2D eigenvalue weighted by molar-refractivity contribution is 8.02. The molecule has 7 heteroatoms. The molecule has 1 heterocycles. The molecule has 2 N–H and O–H groups in total. The SMILES string of the molecule is CCCCCC(=O)CSc1cc(NSc2ccc(Cl)s2)c2ccccc2c1O. The first-order chi connectivity index (χ1) is 13.6. The van der Waals surface area contributed by atoms with Crippen LogP contribution in [0.2, 0.25) is 4.34 Å². The van der Waals surface area contributed by atoms with Gasteiger partial charge in [-0.1, -0.05) is 55.6 Å². The van der Waals surface area contributed by atoms with Gasteiger partial charge in [0.1, 0.15) is 11.5 Å². The van der Waals surface area contributed by atoms with Crippen molar-refractivity contribution in [3.8, 4) is 5.75 Å². The molecule has 2 aromatic carbocycles. The third-order valence-corrected chi connectivity index (χ3v) is 7.51. The molecule has 0 saturated heterocycles. The molecule has 148 valence electrons. The van der Waals surface area contributed by atoms with Gasteiger partial charge in [-0.15, -0.1) is 23.1 Å². The molecule has 0 fully saturated rings. The molecule has 0 atom stereocenters. The Morgan fingerprint density at radius 2 is 1.96 bits per heavy atom. The number of ketones is 1. The third-order valence-electron chi connectivity index (χ3n) is 4.24. The zero-order valence-electron chi connectivity index (χ0n) is 15.5. The number of carbonyl (C=O) groups is 1. The Morgan fingerprint density at radius 3 is 2.68 bits per heavy atom. The number of phenols is 1. The zero-order valence-corrected chi connectivity index (χ0v) is 18.7. The average molecular weight is 452 g/mol. The summed E-state index contributed by atoms with van der Waals surface area (Å²) in [5.74, 6) is 0.836. The Kier molecular flexibility index (Phi) is 7.97. The number of thiophene rings is 1. The molecule has 0 bridgehead atoms. The van der Waals surface area contributed by atoms with Crippen molar-refractivity contribution in [1.29, 1.82) is 0 Å². The first-order valence-corrected chi connectivity index (χ1v) is 12.2. The van der Waals surface area contributed by atoms with Crippen LogP contribution in [0, 0.1) is 0 Å². The Labute approximate surface area is 183 Å².